The largest absolute Gasteiger partial charge is 0.469 e. The minimum Gasteiger partial charge on any atom is -0.469 e. The van der Waals surface area contributed by atoms with E-state index in [1.165, 1.54) is 14.2 Å². The number of ether oxygens (including phenoxy) is 2. The van der Waals surface area contributed by atoms with Gasteiger partial charge in [0.2, 0.25) is 11.8 Å². The van der Waals surface area contributed by atoms with Crippen LogP contribution in [0.4, 0.5) is 10.5 Å². The fraction of sp³-hybridized carbons (Fsp3) is 0.348. The first-order valence-electron chi connectivity index (χ1n) is 20.7. The molecule has 3 aliphatic rings. The van der Waals surface area contributed by atoms with Crippen LogP contribution in [0.1, 0.15) is 74.4 Å². The van der Waals surface area contributed by atoms with Gasteiger partial charge in [-0.15, -0.1) is 0 Å². The SMILES string of the molecule is COC(=O)C[C@H](C(=O)N1CCC[C@H]1c1ncc(-c2ccc(-c3cnc4cc(-c5cnc([C@@H]6Cc7cccc8c7N6C(=O)[C@@H](NC(=O)OC)CC8)[nH]5)ccc4n3)cc2)[nH]1)C(C)C. The summed E-state index contributed by atoms with van der Waals surface area (Å²) in [6.07, 6.45) is 8.15. The van der Waals surface area contributed by atoms with Crippen molar-refractivity contribution in [3.63, 3.8) is 0 Å². The first kappa shape index (κ1) is 39.6. The number of aromatic amines is 2. The van der Waals surface area contributed by atoms with E-state index in [9.17, 15) is 19.2 Å². The highest BCUT2D eigenvalue weighted by molar-refractivity contribution is 6.02. The highest BCUT2D eigenvalue weighted by atomic mass is 16.5. The van der Waals surface area contributed by atoms with E-state index >= 15 is 0 Å². The molecule has 3 aromatic heterocycles. The van der Waals surface area contributed by atoms with Gasteiger partial charge in [-0.2, -0.15) is 0 Å². The number of amides is 3. The molecule has 0 radical (unpaired) electrons. The molecule has 3 N–H and O–H groups in total. The number of likely N-dealkylation sites (tertiary alicyclic amines) is 1. The number of H-pyrrole nitrogens is 2. The molecule has 0 aliphatic carbocycles. The normalized spacial score (nSPS) is 18.9. The summed E-state index contributed by atoms with van der Waals surface area (Å²) < 4.78 is 9.69. The molecule has 4 atom stereocenters. The summed E-state index contributed by atoms with van der Waals surface area (Å²) in [6.45, 7) is 4.54. The van der Waals surface area contributed by atoms with Crippen LogP contribution in [-0.4, -0.2) is 85.5 Å². The van der Waals surface area contributed by atoms with Crippen LogP contribution < -0.4 is 10.2 Å². The average Bonchev–Trinajstić information content (AvgIpc) is 4.11. The number of nitrogens with one attached hydrogen (secondary N) is 3. The Labute approximate surface area is 352 Å². The molecule has 3 amide bonds. The summed E-state index contributed by atoms with van der Waals surface area (Å²) in [4.78, 5) is 81.6. The van der Waals surface area contributed by atoms with Gasteiger partial charge in [0, 0.05) is 24.1 Å². The van der Waals surface area contributed by atoms with Gasteiger partial charge in [-0.3, -0.25) is 24.3 Å². The Balaban J connectivity index is 0.897. The smallest absolute Gasteiger partial charge is 0.407 e. The number of nitrogens with zero attached hydrogens (tertiary/aromatic N) is 6. The van der Waals surface area contributed by atoms with E-state index in [1.807, 2.05) is 79.4 Å². The van der Waals surface area contributed by atoms with Crippen LogP contribution in [0.25, 0.3) is 44.8 Å². The number of rotatable bonds is 10. The maximum atomic E-state index is 14.0. The predicted octanol–water partition coefficient (Wildman–Crippen LogP) is 6.88. The molecule has 0 spiro atoms. The van der Waals surface area contributed by atoms with E-state index in [4.69, 9.17) is 29.4 Å². The van der Waals surface area contributed by atoms with Gasteiger partial charge in [-0.1, -0.05) is 62.4 Å². The van der Waals surface area contributed by atoms with Gasteiger partial charge in [-0.05, 0) is 60.4 Å². The summed E-state index contributed by atoms with van der Waals surface area (Å²) in [5, 5.41) is 2.73. The Kier molecular flexibility index (Phi) is 10.6. The number of carbonyl (C=O) groups is 4. The second-order valence-corrected chi connectivity index (χ2v) is 16.3. The molecule has 3 aliphatic heterocycles. The van der Waals surface area contributed by atoms with Crippen LogP contribution >= 0.6 is 0 Å². The fourth-order valence-corrected chi connectivity index (χ4v) is 9.03. The third-order valence-corrected chi connectivity index (χ3v) is 12.3. The molecular weight excluding hydrogens is 775 g/mol. The van der Waals surface area contributed by atoms with Crippen LogP contribution in [0, 0.1) is 11.8 Å². The maximum Gasteiger partial charge on any atom is 0.407 e. The molecule has 0 bridgehead atoms. The number of esters is 1. The first-order chi connectivity index (χ1) is 29.6. The minimum atomic E-state index is -0.715. The summed E-state index contributed by atoms with van der Waals surface area (Å²) in [7, 11) is 2.64. The van der Waals surface area contributed by atoms with E-state index in [0.717, 1.165) is 80.3 Å². The molecule has 61 heavy (non-hydrogen) atoms. The van der Waals surface area contributed by atoms with Crippen molar-refractivity contribution in [2.24, 2.45) is 11.8 Å². The molecule has 312 valence electrons. The standard InChI is InChI=1S/C46H47N9O6/c1-25(2)31(21-40(56)60-3)44(57)54-18-6-9-38(54)42-48-23-36(51-42)27-12-10-26(11-13-27)35-22-47-34-19-29(15-16-32(34)50-35)37-24-49-43(52-37)39-20-30-8-5-7-28-14-17-33(53-46(59)61-4)45(58)55(39)41(28)30/h5,7-8,10-13,15-16,19,22-25,31,33,38-39H,6,9,14,17-18,20-21H2,1-4H3,(H,48,51)(H,49,52)(H,53,59)/t31-,33-,38-,39-/m0/s1. The second kappa shape index (κ2) is 16.3. The van der Waals surface area contributed by atoms with E-state index in [2.05, 4.69) is 15.3 Å². The molecule has 9 rings (SSSR count). The molecule has 0 unspecified atom stereocenters. The third kappa shape index (κ3) is 7.49. The van der Waals surface area contributed by atoms with Gasteiger partial charge in [0.25, 0.3) is 0 Å². The first-order valence-corrected chi connectivity index (χ1v) is 20.7. The van der Waals surface area contributed by atoms with Crippen LogP contribution in [0.3, 0.4) is 0 Å². The molecule has 1 saturated heterocycles. The number of methoxy groups -OCH3 is 2. The Morgan fingerprint density at radius 3 is 2.26 bits per heavy atom. The van der Waals surface area contributed by atoms with Crippen molar-refractivity contribution in [1.82, 2.24) is 40.1 Å². The maximum absolute atomic E-state index is 14.0. The number of aryl methyl sites for hydroxylation is 1. The molecule has 15 heteroatoms. The zero-order valence-electron chi connectivity index (χ0n) is 34.5. The number of hydrogen-bond acceptors (Lipinski definition) is 10. The number of para-hydroxylation sites is 1. The Morgan fingerprint density at radius 2 is 1.52 bits per heavy atom. The van der Waals surface area contributed by atoms with Gasteiger partial charge >= 0.3 is 12.1 Å². The lowest BCUT2D eigenvalue weighted by atomic mass is 9.91. The highest BCUT2D eigenvalue weighted by Gasteiger charge is 2.43. The van der Waals surface area contributed by atoms with Crippen molar-refractivity contribution < 1.29 is 28.7 Å². The molecule has 6 heterocycles. The molecule has 3 aromatic carbocycles. The number of benzene rings is 3. The van der Waals surface area contributed by atoms with Gasteiger partial charge in [-0.25, -0.2) is 19.7 Å². The van der Waals surface area contributed by atoms with Crippen molar-refractivity contribution >= 4 is 40.6 Å². The zero-order chi connectivity index (χ0) is 42.4. The molecular formula is C46H47N9O6. The van der Waals surface area contributed by atoms with E-state index in [-0.39, 0.29) is 42.2 Å². The number of carbonyl (C=O) groups excluding carboxylic acids is 4. The van der Waals surface area contributed by atoms with Gasteiger partial charge < -0.3 is 29.7 Å². The predicted molar refractivity (Wildman–Crippen MR) is 227 cm³/mol. The lowest BCUT2D eigenvalue weighted by Gasteiger charge is -2.29. The topological polar surface area (TPSA) is 188 Å². The van der Waals surface area contributed by atoms with Crippen LogP contribution in [0.2, 0.25) is 0 Å². The number of imidazole rings is 2. The Hall–Kier alpha value is -6.90. The van der Waals surface area contributed by atoms with Crippen molar-refractivity contribution in [3.8, 4) is 33.8 Å². The van der Waals surface area contributed by atoms with Crippen LogP contribution in [0.15, 0.2) is 79.3 Å². The van der Waals surface area contributed by atoms with Gasteiger partial charge in [0.1, 0.15) is 17.7 Å². The highest BCUT2D eigenvalue weighted by Crippen LogP contribution is 2.45. The molecule has 1 fully saturated rings. The Morgan fingerprint density at radius 1 is 0.820 bits per heavy atom. The molecule has 6 aromatic rings. The fourth-order valence-electron chi connectivity index (χ4n) is 9.03. The van der Waals surface area contributed by atoms with Crippen molar-refractivity contribution in [1.29, 1.82) is 0 Å². The van der Waals surface area contributed by atoms with Gasteiger partial charge in [0.15, 0.2) is 0 Å². The van der Waals surface area contributed by atoms with Crippen molar-refractivity contribution in [2.75, 3.05) is 25.7 Å². The quantitative estimate of drug-likeness (QED) is 0.123. The number of alkyl carbamates (subject to hydrolysis) is 1. The van der Waals surface area contributed by atoms with E-state index in [1.54, 1.807) is 23.5 Å². The van der Waals surface area contributed by atoms with Crippen molar-refractivity contribution in [2.45, 2.75) is 70.5 Å². The lowest BCUT2D eigenvalue weighted by Crippen LogP contribution is -2.48. The summed E-state index contributed by atoms with van der Waals surface area (Å²) in [5.41, 5.74) is 9.61. The van der Waals surface area contributed by atoms with Crippen LogP contribution in [-0.2, 0) is 36.7 Å². The number of fused-ring (bicyclic) bond motifs is 1. The zero-order valence-corrected chi connectivity index (χ0v) is 34.5. The van der Waals surface area contributed by atoms with E-state index in [0.29, 0.717) is 31.6 Å². The van der Waals surface area contributed by atoms with Crippen LogP contribution in [0.5, 0.6) is 0 Å². The summed E-state index contributed by atoms with van der Waals surface area (Å²) in [6, 6.07) is 18.8. The van der Waals surface area contributed by atoms with E-state index < -0.39 is 18.1 Å². The minimum absolute atomic E-state index is 0.00526. The third-order valence-electron chi connectivity index (χ3n) is 12.3. The average molecular weight is 822 g/mol. The number of hydrogen-bond donors (Lipinski definition) is 3. The number of anilines is 1. The summed E-state index contributed by atoms with van der Waals surface area (Å²) in [5.74, 6) is 0.322. The monoisotopic (exact) mass is 821 g/mol. The summed E-state index contributed by atoms with van der Waals surface area (Å²) >= 11 is 0. The Bertz CT molecular complexity index is 2650. The van der Waals surface area contributed by atoms with Crippen molar-refractivity contribution in [3.05, 3.63) is 102 Å². The van der Waals surface area contributed by atoms with Gasteiger partial charge in [0.05, 0.1) is 91.0 Å². The second-order valence-electron chi connectivity index (χ2n) is 16.3. The lowest BCUT2D eigenvalue weighted by molar-refractivity contribution is -0.148. The molecule has 0 saturated carbocycles. The molecule has 15 nitrogen and oxygen atoms in total. The number of aromatic nitrogens is 6.